The van der Waals surface area contributed by atoms with Gasteiger partial charge in [0.15, 0.2) is 0 Å². The van der Waals surface area contributed by atoms with Gasteiger partial charge in [-0.15, -0.1) is 11.8 Å². The number of aliphatic hydroxyl groups excluding tert-OH is 1. The largest absolute Gasteiger partial charge is 0.396 e. The second-order valence-corrected chi connectivity index (χ2v) is 6.39. The van der Waals surface area contributed by atoms with Gasteiger partial charge in [0.05, 0.1) is 0 Å². The highest BCUT2D eigenvalue weighted by Gasteiger charge is 2.22. The van der Waals surface area contributed by atoms with Crippen molar-refractivity contribution in [2.75, 3.05) is 6.61 Å². The van der Waals surface area contributed by atoms with Gasteiger partial charge in [0.25, 0.3) is 0 Å². The minimum absolute atomic E-state index is 0.164. The third-order valence-corrected chi connectivity index (χ3v) is 4.87. The van der Waals surface area contributed by atoms with E-state index in [1.165, 1.54) is 11.1 Å². The van der Waals surface area contributed by atoms with Gasteiger partial charge in [-0.25, -0.2) is 0 Å². The van der Waals surface area contributed by atoms with Crippen molar-refractivity contribution < 1.29 is 5.11 Å². The topological polar surface area (TPSA) is 46.2 Å². The second-order valence-electron chi connectivity index (χ2n) is 4.81. The molecular weight excluding hydrogens is 242 g/mol. The lowest BCUT2D eigenvalue weighted by molar-refractivity contribution is 0.288. The molecule has 0 aliphatic carbocycles. The van der Waals surface area contributed by atoms with E-state index >= 15 is 0 Å². The van der Waals surface area contributed by atoms with Crippen LogP contribution in [0.1, 0.15) is 43.1 Å². The zero-order valence-electron chi connectivity index (χ0n) is 11.6. The van der Waals surface area contributed by atoms with Crippen LogP contribution in [-0.2, 0) is 0 Å². The average molecular weight is 267 g/mol. The van der Waals surface area contributed by atoms with Gasteiger partial charge in [-0.2, -0.15) is 0 Å². The number of benzene rings is 1. The number of nitrogens with two attached hydrogens (primary N) is 1. The standard InChI is InChI=1S/C15H25NOS/c1-4-14(16)15(18-12(3)9-10-17)13-8-6-5-7-11(13)2/h5-8,12,14-15,17H,4,9-10,16H2,1-3H3. The van der Waals surface area contributed by atoms with Crippen molar-refractivity contribution in [3.8, 4) is 0 Å². The monoisotopic (exact) mass is 267 g/mol. The molecule has 0 aliphatic rings. The smallest absolute Gasteiger partial charge is 0.0453 e. The minimum atomic E-state index is 0.164. The second kappa shape index (κ2) is 7.82. The lowest BCUT2D eigenvalue weighted by Gasteiger charge is -2.27. The van der Waals surface area contributed by atoms with Crippen LogP contribution in [0.15, 0.2) is 24.3 Å². The number of aryl methyl sites for hydroxylation is 1. The van der Waals surface area contributed by atoms with Gasteiger partial charge in [0, 0.05) is 23.1 Å². The Labute approximate surface area is 115 Å². The summed E-state index contributed by atoms with van der Waals surface area (Å²) in [6.45, 7) is 6.68. The van der Waals surface area contributed by atoms with Gasteiger partial charge < -0.3 is 10.8 Å². The third-order valence-electron chi connectivity index (χ3n) is 3.27. The SMILES string of the molecule is CCC(N)C(SC(C)CCO)c1ccccc1C. The highest BCUT2D eigenvalue weighted by atomic mass is 32.2. The number of aliphatic hydroxyl groups is 1. The number of hydrogen-bond donors (Lipinski definition) is 2. The van der Waals surface area contributed by atoms with Gasteiger partial charge >= 0.3 is 0 Å². The predicted octanol–water partition coefficient (Wildman–Crippen LogP) is 3.28. The van der Waals surface area contributed by atoms with Crippen LogP contribution in [0.3, 0.4) is 0 Å². The average Bonchev–Trinajstić information content (AvgIpc) is 2.36. The van der Waals surface area contributed by atoms with Crippen LogP contribution in [0.2, 0.25) is 0 Å². The van der Waals surface area contributed by atoms with Crippen molar-refractivity contribution in [1.29, 1.82) is 0 Å². The number of thioether (sulfide) groups is 1. The molecule has 0 saturated carbocycles. The Morgan fingerprint density at radius 3 is 2.56 bits per heavy atom. The summed E-state index contributed by atoms with van der Waals surface area (Å²) in [6.07, 6.45) is 1.79. The molecule has 3 heteroatoms. The molecule has 3 N–H and O–H groups in total. The van der Waals surface area contributed by atoms with Crippen LogP contribution in [0.25, 0.3) is 0 Å². The van der Waals surface area contributed by atoms with Crippen LogP contribution in [0, 0.1) is 6.92 Å². The Bertz CT molecular complexity index is 356. The first-order chi connectivity index (χ1) is 8.60. The highest BCUT2D eigenvalue weighted by Crippen LogP contribution is 2.37. The minimum Gasteiger partial charge on any atom is -0.396 e. The Hall–Kier alpha value is -0.510. The molecule has 0 aromatic heterocycles. The summed E-state index contributed by atoms with van der Waals surface area (Å²) in [5.41, 5.74) is 8.92. The van der Waals surface area contributed by atoms with E-state index in [-0.39, 0.29) is 12.6 Å². The zero-order chi connectivity index (χ0) is 13.5. The summed E-state index contributed by atoms with van der Waals surface area (Å²) in [6, 6.07) is 8.62. The summed E-state index contributed by atoms with van der Waals surface area (Å²) in [5.74, 6) is 0. The van der Waals surface area contributed by atoms with Crippen LogP contribution >= 0.6 is 11.8 Å². The summed E-state index contributed by atoms with van der Waals surface area (Å²) in [7, 11) is 0. The quantitative estimate of drug-likeness (QED) is 0.797. The van der Waals surface area contributed by atoms with Gasteiger partial charge in [-0.1, -0.05) is 38.1 Å². The van der Waals surface area contributed by atoms with E-state index in [1.807, 2.05) is 11.8 Å². The zero-order valence-corrected chi connectivity index (χ0v) is 12.4. The molecule has 1 aromatic carbocycles. The molecule has 18 heavy (non-hydrogen) atoms. The molecular formula is C15H25NOS. The molecule has 1 aromatic rings. The highest BCUT2D eigenvalue weighted by molar-refractivity contribution is 8.00. The molecule has 3 unspecified atom stereocenters. The van der Waals surface area contributed by atoms with Crippen LogP contribution in [0.5, 0.6) is 0 Å². The van der Waals surface area contributed by atoms with E-state index in [2.05, 4.69) is 45.0 Å². The van der Waals surface area contributed by atoms with E-state index < -0.39 is 0 Å². The fourth-order valence-electron chi connectivity index (χ4n) is 2.03. The maximum absolute atomic E-state index is 9.03. The molecule has 0 aliphatic heterocycles. The Morgan fingerprint density at radius 1 is 1.33 bits per heavy atom. The van der Waals surface area contributed by atoms with E-state index in [4.69, 9.17) is 10.8 Å². The van der Waals surface area contributed by atoms with E-state index in [1.54, 1.807) is 0 Å². The molecule has 0 heterocycles. The van der Waals surface area contributed by atoms with Crippen molar-refractivity contribution in [2.24, 2.45) is 5.73 Å². The van der Waals surface area contributed by atoms with Crippen LogP contribution in [-0.4, -0.2) is 23.0 Å². The molecule has 0 amide bonds. The third kappa shape index (κ3) is 4.30. The van der Waals surface area contributed by atoms with Crippen molar-refractivity contribution in [3.63, 3.8) is 0 Å². The van der Waals surface area contributed by atoms with Crippen molar-refractivity contribution in [1.82, 2.24) is 0 Å². The normalized spacial score (nSPS) is 16.3. The first-order valence-electron chi connectivity index (χ1n) is 6.67. The lowest BCUT2D eigenvalue weighted by atomic mass is 10.00. The molecule has 1 rings (SSSR count). The molecule has 0 fully saturated rings. The summed E-state index contributed by atoms with van der Waals surface area (Å²) < 4.78 is 0. The van der Waals surface area contributed by atoms with E-state index in [0.29, 0.717) is 10.5 Å². The van der Waals surface area contributed by atoms with Crippen molar-refractivity contribution in [2.45, 2.75) is 50.2 Å². The van der Waals surface area contributed by atoms with Gasteiger partial charge in [-0.05, 0) is 30.9 Å². The maximum atomic E-state index is 9.03. The van der Waals surface area contributed by atoms with E-state index in [0.717, 1.165) is 12.8 Å². The fraction of sp³-hybridized carbons (Fsp3) is 0.600. The van der Waals surface area contributed by atoms with Crippen molar-refractivity contribution in [3.05, 3.63) is 35.4 Å². The lowest BCUT2D eigenvalue weighted by Crippen LogP contribution is -2.27. The maximum Gasteiger partial charge on any atom is 0.0453 e. The molecule has 2 nitrogen and oxygen atoms in total. The molecule has 0 bridgehead atoms. The first kappa shape index (κ1) is 15.5. The predicted molar refractivity (Wildman–Crippen MR) is 80.9 cm³/mol. The molecule has 0 spiro atoms. The van der Waals surface area contributed by atoms with Gasteiger partial charge in [0.2, 0.25) is 0 Å². The summed E-state index contributed by atoms with van der Waals surface area (Å²) in [4.78, 5) is 0. The van der Waals surface area contributed by atoms with E-state index in [9.17, 15) is 0 Å². The van der Waals surface area contributed by atoms with Crippen LogP contribution in [0.4, 0.5) is 0 Å². The number of rotatable bonds is 7. The molecule has 102 valence electrons. The van der Waals surface area contributed by atoms with Crippen LogP contribution < -0.4 is 5.73 Å². The molecule has 0 saturated heterocycles. The van der Waals surface area contributed by atoms with Crippen molar-refractivity contribution >= 4 is 11.8 Å². The fourth-order valence-corrected chi connectivity index (χ4v) is 3.57. The number of hydrogen-bond acceptors (Lipinski definition) is 3. The summed E-state index contributed by atoms with van der Waals surface area (Å²) >= 11 is 1.88. The Balaban J connectivity index is 2.88. The molecule has 3 atom stereocenters. The Kier molecular flexibility index (Phi) is 6.76. The molecule has 0 radical (unpaired) electrons. The summed E-state index contributed by atoms with van der Waals surface area (Å²) in [5, 5.41) is 9.77. The van der Waals surface area contributed by atoms with Gasteiger partial charge in [-0.3, -0.25) is 0 Å². The first-order valence-corrected chi connectivity index (χ1v) is 7.61. The van der Waals surface area contributed by atoms with Gasteiger partial charge in [0.1, 0.15) is 0 Å². The Morgan fingerprint density at radius 2 is 2.00 bits per heavy atom.